The molecule has 0 radical (unpaired) electrons. The van der Waals surface area contributed by atoms with Gasteiger partial charge in [0.05, 0.1) is 5.88 Å². The molecule has 0 amide bonds. The minimum Gasteiger partial charge on any atom is -0.439 e. The van der Waals surface area contributed by atoms with Crippen LogP contribution in [0.3, 0.4) is 0 Å². The van der Waals surface area contributed by atoms with Crippen LogP contribution in [0, 0.1) is 6.92 Å². The molecule has 0 saturated heterocycles. The molecule has 2 nitrogen and oxygen atoms in total. The summed E-state index contributed by atoms with van der Waals surface area (Å²) < 4.78 is 5.35. The van der Waals surface area contributed by atoms with E-state index in [1.54, 1.807) is 0 Å². The molecular weight excluding hydrogens is 174 g/mol. The Kier molecular flexibility index (Phi) is 1.77. The lowest BCUT2D eigenvalue weighted by atomic mass is 10.2. The summed E-state index contributed by atoms with van der Waals surface area (Å²) in [5, 5.41) is 0. The fourth-order valence-corrected chi connectivity index (χ4v) is 1.25. The van der Waals surface area contributed by atoms with E-state index < -0.39 is 0 Å². The summed E-state index contributed by atoms with van der Waals surface area (Å²) in [7, 11) is 0. The van der Waals surface area contributed by atoms with Crippen molar-refractivity contribution in [2.45, 2.75) is 12.8 Å². The highest BCUT2D eigenvalue weighted by Crippen LogP contribution is 2.17. The Bertz CT molecular complexity index is 408. The number of oxazole rings is 1. The van der Waals surface area contributed by atoms with Gasteiger partial charge >= 0.3 is 0 Å². The van der Waals surface area contributed by atoms with Crippen LogP contribution in [0.15, 0.2) is 22.6 Å². The summed E-state index contributed by atoms with van der Waals surface area (Å²) in [5.41, 5.74) is 2.85. The van der Waals surface area contributed by atoms with Gasteiger partial charge in [0.25, 0.3) is 0 Å². The standard InChI is InChI=1S/C9H8ClNO/c1-6-2-3-7-8(4-6)12-9(5-10)11-7/h2-4H,5H2,1H3. The van der Waals surface area contributed by atoms with E-state index in [0.29, 0.717) is 11.8 Å². The van der Waals surface area contributed by atoms with Crippen molar-refractivity contribution in [3.05, 3.63) is 29.7 Å². The molecule has 2 rings (SSSR count). The molecule has 0 atom stereocenters. The number of aryl methyl sites for hydroxylation is 1. The van der Waals surface area contributed by atoms with E-state index in [0.717, 1.165) is 11.1 Å². The van der Waals surface area contributed by atoms with Crippen LogP contribution in [0.5, 0.6) is 0 Å². The second kappa shape index (κ2) is 2.79. The highest BCUT2D eigenvalue weighted by Gasteiger charge is 2.03. The van der Waals surface area contributed by atoms with E-state index in [1.807, 2.05) is 25.1 Å². The first-order valence-corrected chi connectivity index (χ1v) is 4.25. The highest BCUT2D eigenvalue weighted by molar-refractivity contribution is 6.16. The van der Waals surface area contributed by atoms with Gasteiger partial charge in [0.2, 0.25) is 5.89 Å². The molecule has 0 aliphatic carbocycles. The molecule has 0 aliphatic heterocycles. The van der Waals surface area contributed by atoms with Gasteiger partial charge in [-0.2, -0.15) is 0 Å². The third-order valence-electron chi connectivity index (χ3n) is 1.70. The Morgan fingerprint density at radius 3 is 3.08 bits per heavy atom. The lowest BCUT2D eigenvalue weighted by Crippen LogP contribution is -1.73. The molecule has 0 saturated carbocycles. The number of halogens is 1. The van der Waals surface area contributed by atoms with E-state index in [-0.39, 0.29) is 0 Å². The zero-order valence-electron chi connectivity index (χ0n) is 6.67. The summed E-state index contributed by atoms with van der Waals surface area (Å²) in [6.45, 7) is 2.02. The van der Waals surface area contributed by atoms with Crippen molar-refractivity contribution in [3.8, 4) is 0 Å². The molecule has 0 bridgehead atoms. The fourth-order valence-electron chi connectivity index (χ4n) is 1.14. The molecular formula is C9H8ClNO. The van der Waals surface area contributed by atoms with Crippen LogP contribution in [0.1, 0.15) is 11.5 Å². The van der Waals surface area contributed by atoms with Gasteiger partial charge in [0.1, 0.15) is 5.52 Å². The number of rotatable bonds is 1. The number of aromatic nitrogens is 1. The quantitative estimate of drug-likeness (QED) is 0.633. The largest absolute Gasteiger partial charge is 0.439 e. The predicted molar refractivity (Wildman–Crippen MR) is 48.3 cm³/mol. The summed E-state index contributed by atoms with van der Waals surface area (Å²) >= 11 is 5.58. The van der Waals surface area contributed by atoms with Gasteiger partial charge in [-0.25, -0.2) is 4.98 Å². The minimum atomic E-state index is 0.327. The first-order valence-electron chi connectivity index (χ1n) is 3.71. The van der Waals surface area contributed by atoms with Crippen LogP contribution in [-0.4, -0.2) is 4.98 Å². The molecule has 0 aliphatic rings. The van der Waals surface area contributed by atoms with Gasteiger partial charge < -0.3 is 4.42 Å². The average Bonchev–Trinajstić information content (AvgIpc) is 2.46. The van der Waals surface area contributed by atoms with Gasteiger partial charge in [0, 0.05) is 0 Å². The number of fused-ring (bicyclic) bond motifs is 1. The van der Waals surface area contributed by atoms with Crippen LogP contribution >= 0.6 is 11.6 Å². The Morgan fingerprint density at radius 1 is 1.50 bits per heavy atom. The second-order valence-electron chi connectivity index (χ2n) is 2.71. The zero-order valence-corrected chi connectivity index (χ0v) is 7.43. The van der Waals surface area contributed by atoms with Gasteiger partial charge in [-0.05, 0) is 24.6 Å². The van der Waals surface area contributed by atoms with Crippen molar-refractivity contribution in [2.24, 2.45) is 0 Å². The maximum Gasteiger partial charge on any atom is 0.210 e. The Morgan fingerprint density at radius 2 is 2.33 bits per heavy atom. The SMILES string of the molecule is Cc1ccc2nc(CCl)oc2c1. The summed E-state index contributed by atoms with van der Waals surface area (Å²) in [5.74, 6) is 0.908. The van der Waals surface area contributed by atoms with E-state index in [9.17, 15) is 0 Å². The molecule has 62 valence electrons. The summed E-state index contributed by atoms with van der Waals surface area (Å²) in [6, 6.07) is 5.89. The van der Waals surface area contributed by atoms with Gasteiger partial charge in [0.15, 0.2) is 5.58 Å². The molecule has 0 unspecified atom stereocenters. The van der Waals surface area contributed by atoms with Crippen molar-refractivity contribution in [1.29, 1.82) is 0 Å². The van der Waals surface area contributed by atoms with Crippen LogP contribution in [0.25, 0.3) is 11.1 Å². The van der Waals surface area contributed by atoms with Crippen molar-refractivity contribution < 1.29 is 4.42 Å². The number of nitrogens with zero attached hydrogens (tertiary/aromatic N) is 1. The number of alkyl halides is 1. The van der Waals surface area contributed by atoms with E-state index in [2.05, 4.69) is 4.98 Å². The topological polar surface area (TPSA) is 26.0 Å². The first-order chi connectivity index (χ1) is 5.79. The average molecular weight is 182 g/mol. The van der Waals surface area contributed by atoms with Gasteiger partial charge in [-0.3, -0.25) is 0 Å². The minimum absolute atomic E-state index is 0.327. The second-order valence-corrected chi connectivity index (χ2v) is 2.98. The number of hydrogen-bond donors (Lipinski definition) is 0. The number of benzene rings is 1. The van der Waals surface area contributed by atoms with Gasteiger partial charge in [-0.15, -0.1) is 11.6 Å². The molecule has 1 heterocycles. The zero-order chi connectivity index (χ0) is 8.55. The molecule has 2 aromatic rings. The van der Waals surface area contributed by atoms with Crippen molar-refractivity contribution in [3.63, 3.8) is 0 Å². The fraction of sp³-hybridized carbons (Fsp3) is 0.222. The molecule has 1 aromatic carbocycles. The molecule has 12 heavy (non-hydrogen) atoms. The Balaban J connectivity index is 2.67. The summed E-state index contributed by atoms with van der Waals surface area (Å²) in [4.78, 5) is 4.17. The van der Waals surface area contributed by atoms with E-state index in [4.69, 9.17) is 16.0 Å². The smallest absolute Gasteiger partial charge is 0.210 e. The first kappa shape index (κ1) is 7.62. The number of hydrogen-bond acceptors (Lipinski definition) is 2. The third-order valence-corrected chi connectivity index (χ3v) is 1.93. The van der Waals surface area contributed by atoms with E-state index >= 15 is 0 Å². The lowest BCUT2D eigenvalue weighted by Gasteiger charge is -1.87. The van der Waals surface area contributed by atoms with Crippen LogP contribution < -0.4 is 0 Å². The van der Waals surface area contributed by atoms with Crippen molar-refractivity contribution in [1.82, 2.24) is 4.98 Å². The van der Waals surface area contributed by atoms with Gasteiger partial charge in [-0.1, -0.05) is 6.07 Å². The Labute approximate surface area is 75.2 Å². The monoisotopic (exact) mass is 181 g/mol. The maximum absolute atomic E-state index is 5.58. The summed E-state index contributed by atoms with van der Waals surface area (Å²) in [6.07, 6.45) is 0. The third kappa shape index (κ3) is 1.18. The predicted octanol–water partition coefficient (Wildman–Crippen LogP) is 2.88. The Hall–Kier alpha value is -1.02. The molecule has 0 fully saturated rings. The lowest BCUT2D eigenvalue weighted by molar-refractivity contribution is 0.554. The van der Waals surface area contributed by atoms with Crippen LogP contribution in [0.4, 0.5) is 0 Å². The van der Waals surface area contributed by atoms with Crippen LogP contribution in [-0.2, 0) is 5.88 Å². The van der Waals surface area contributed by atoms with Crippen molar-refractivity contribution in [2.75, 3.05) is 0 Å². The normalized spacial score (nSPS) is 10.8. The van der Waals surface area contributed by atoms with E-state index in [1.165, 1.54) is 5.56 Å². The maximum atomic E-state index is 5.58. The molecule has 3 heteroatoms. The molecule has 0 N–H and O–H groups in total. The van der Waals surface area contributed by atoms with Crippen molar-refractivity contribution >= 4 is 22.7 Å². The highest BCUT2D eigenvalue weighted by atomic mass is 35.5. The molecule has 0 spiro atoms. The van der Waals surface area contributed by atoms with Crippen LogP contribution in [0.2, 0.25) is 0 Å². The molecule has 1 aromatic heterocycles.